The quantitative estimate of drug-likeness (QED) is 0.894. The molecule has 0 aliphatic rings. The zero-order valence-electron chi connectivity index (χ0n) is 10.8. The Bertz CT molecular complexity index is 526. The highest BCUT2D eigenvalue weighted by molar-refractivity contribution is 6.30. The SMILES string of the molecule is COc1ccc(Cl)cc1CCC(O)c1ccccc1. The van der Waals surface area contributed by atoms with Gasteiger partial charge < -0.3 is 9.84 Å². The van der Waals surface area contributed by atoms with Crippen LogP contribution >= 0.6 is 11.6 Å². The van der Waals surface area contributed by atoms with E-state index in [1.807, 2.05) is 42.5 Å². The Kier molecular flexibility index (Phi) is 4.83. The highest BCUT2D eigenvalue weighted by Gasteiger charge is 2.10. The third-order valence-corrected chi connectivity index (χ3v) is 3.35. The highest BCUT2D eigenvalue weighted by atomic mass is 35.5. The van der Waals surface area contributed by atoms with Gasteiger partial charge in [0.1, 0.15) is 5.75 Å². The molecular formula is C16H17ClO2. The van der Waals surface area contributed by atoms with E-state index in [4.69, 9.17) is 16.3 Å². The molecule has 3 heteroatoms. The maximum Gasteiger partial charge on any atom is 0.122 e. The van der Waals surface area contributed by atoms with E-state index in [-0.39, 0.29) is 0 Å². The average molecular weight is 277 g/mol. The van der Waals surface area contributed by atoms with Gasteiger partial charge in [-0.25, -0.2) is 0 Å². The summed E-state index contributed by atoms with van der Waals surface area (Å²) >= 11 is 5.99. The molecule has 0 fully saturated rings. The van der Waals surface area contributed by atoms with Gasteiger partial charge in [-0.2, -0.15) is 0 Å². The summed E-state index contributed by atoms with van der Waals surface area (Å²) in [6, 6.07) is 15.2. The van der Waals surface area contributed by atoms with Crippen LogP contribution in [0.1, 0.15) is 23.7 Å². The summed E-state index contributed by atoms with van der Waals surface area (Å²) in [4.78, 5) is 0. The number of hydrogen-bond donors (Lipinski definition) is 1. The van der Waals surface area contributed by atoms with Crippen LogP contribution in [0.15, 0.2) is 48.5 Å². The molecule has 0 saturated carbocycles. The number of hydrogen-bond acceptors (Lipinski definition) is 2. The first kappa shape index (κ1) is 13.9. The summed E-state index contributed by atoms with van der Waals surface area (Å²) < 4.78 is 5.30. The van der Waals surface area contributed by atoms with Crippen LogP contribution in [0, 0.1) is 0 Å². The molecule has 0 spiro atoms. The lowest BCUT2D eigenvalue weighted by Gasteiger charge is -2.13. The molecule has 100 valence electrons. The molecule has 19 heavy (non-hydrogen) atoms. The van der Waals surface area contributed by atoms with Crippen molar-refractivity contribution >= 4 is 11.6 Å². The second-order valence-electron chi connectivity index (χ2n) is 4.42. The molecule has 2 rings (SSSR count). The Morgan fingerprint density at radius 1 is 1.16 bits per heavy atom. The molecular weight excluding hydrogens is 260 g/mol. The van der Waals surface area contributed by atoms with Gasteiger partial charge in [0.25, 0.3) is 0 Å². The lowest BCUT2D eigenvalue weighted by molar-refractivity contribution is 0.167. The van der Waals surface area contributed by atoms with Crippen molar-refractivity contribution in [1.82, 2.24) is 0 Å². The van der Waals surface area contributed by atoms with Gasteiger partial charge in [0.15, 0.2) is 0 Å². The summed E-state index contributed by atoms with van der Waals surface area (Å²) in [5, 5.41) is 10.8. The van der Waals surface area contributed by atoms with Crippen LogP contribution in [0.3, 0.4) is 0 Å². The molecule has 1 atom stereocenters. The molecule has 0 radical (unpaired) electrons. The van der Waals surface area contributed by atoms with Gasteiger partial charge in [-0.1, -0.05) is 41.9 Å². The van der Waals surface area contributed by atoms with E-state index >= 15 is 0 Å². The number of aryl methyl sites for hydroxylation is 1. The van der Waals surface area contributed by atoms with E-state index in [2.05, 4.69) is 0 Å². The van der Waals surface area contributed by atoms with E-state index in [9.17, 15) is 5.11 Å². The smallest absolute Gasteiger partial charge is 0.122 e. The first-order valence-corrected chi connectivity index (χ1v) is 6.64. The van der Waals surface area contributed by atoms with Crippen molar-refractivity contribution in [3.05, 3.63) is 64.7 Å². The normalized spacial score (nSPS) is 12.2. The third kappa shape index (κ3) is 3.72. The fraction of sp³-hybridized carbons (Fsp3) is 0.250. The lowest BCUT2D eigenvalue weighted by Crippen LogP contribution is -2.00. The molecule has 0 aliphatic heterocycles. The largest absolute Gasteiger partial charge is 0.496 e. The predicted octanol–water partition coefficient (Wildman–Crippen LogP) is 4.01. The summed E-state index contributed by atoms with van der Waals surface area (Å²) in [5.41, 5.74) is 1.95. The van der Waals surface area contributed by atoms with Gasteiger partial charge in [-0.15, -0.1) is 0 Å². The third-order valence-electron chi connectivity index (χ3n) is 3.11. The van der Waals surface area contributed by atoms with Crippen LogP contribution in [0.4, 0.5) is 0 Å². The number of benzene rings is 2. The average Bonchev–Trinajstić information content (AvgIpc) is 2.46. The Balaban J connectivity index is 2.04. The van der Waals surface area contributed by atoms with Crippen LogP contribution in [0.5, 0.6) is 5.75 Å². The van der Waals surface area contributed by atoms with E-state index in [0.29, 0.717) is 11.4 Å². The molecule has 0 heterocycles. The predicted molar refractivity (Wildman–Crippen MR) is 77.7 cm³/mol. The van der Waals surface area contributed by atoms with Crippen LogP contribution in [0.2, 0.25) is 5.02 Å². The van der Waals surface area contributed by atoms with E-state index in [1.165, 1.54) is 0 Å². The van der Waals surface area contributed by atoms with Crippen molar-refractivity contribution in [2.24, 2.45) is 0 Å². The molecule has 2 aromatic carbocycles. The van der Waals surface area contributed by atoms with E-state index in [1.54, 1.807) is 13.2 Å². The molecule has 0 bridgehead atoms. The minimum absolute atomic E-state index is 0.468. The number of aliphatic hydroxyl groups excluding tert-OH is 1. The van der Waals surface area contributed by atoms with Gasteiger partial charge in [0.05, 0.1) is 13.2 Å². The zero-order valence-corrected chi connectivity index (χ0v) is 11.6. The highest BCUT2D eigenvalue weighted by Crippen LogP contribution is 2.26. The first-order chi connectivity index (χ1) is 9.20. The first-order valence-electron chi connectivity index (χ1n) is 6.26. The number of methoxy groups -OCH3 is 1. The van der Waals surface area contributed by atoms with Crippen molar-refractivity contribution in [2.45, 2.75) is 18.9 Å². The fourth-order valence-electron chi connectivity index (χ4n) is 2.08. The second-order valence-corrected chi connectivity index (χ2v) is 4.86. The van der Waals surface area contributed by atoms with E-state index < -0.39 is 6.10 Å². The molecule has 0 saturated heterocycles. The maximum absolute atomic E-state index is 10.1. The van der Waals surface area contributed by atoms with E-state index in [0.717, 1.165) is 23.3 Å². The lowest BCUT2D eigenvalue weighted by atomic mass is 10.0. The number of rotatable bonds is 5. The number of halogens is 1. The minimum Gasteiger partial charge on any atom is -0.496 e. The Hall–Kier alpha value is -1.51. The topological polar surface area (TPSA) is 29.5 Å². The molecule has 1 unspecified atom stereocenters. The van der Waals surface area contributed by atoms with Gasteiger partial charge in [-0.05, 0) is 42.2 Å². The van der Waals surface area contributed by atoms with Crippen molar-refractivity contribution in [3.8, 4) is 5.75 Å². The van der Waals surface area contributed by atoms with Gasteiger partial charge >= 0.3 is 0 Å². The molecule has 0 amide bonds. The standard InChI is InChI=1S/C16H17ClO2/c1-19-16-10-8-14(17)11-13(16)7-9-15(18)12-5-3-2-4-6-12/h2-6,8,10-11,15,18H,7,9H2,1H3. The fourth-order valence-corrected chi connectivity index (χ4v) is 2.27. The summed E-state index contributed by atoms with van der Waals surface area (Å²) in [7, 11) is 1.64. The number of aliphatic hydroxyl groups is 1. The molecule has 2 nitrogen and oxygen atoms in total. The Morgan fingerprint density at radius 3 is 2.58 bits per heavy atom. The molecule has 0 aliphatic carbocycles. The van der Waals surface area contributed by atoms with Crippen LogP contribution in [0.25, 0.3) is 0 Å². The zero-order chi connectivity index (χ0) is 13.7. The van der Waals surface area contributed by atoms with Crippen LogP contribution in [-0.2, 0) is 6.42 Å². The molecule has 2 aromatic rings. The van der Waals surface area contributed by atoms with Gasteiger partial charge in [-0.3, -0.25) is 0 Å². The van der Waals surface area contributed by atoms with Crippen molar-refractivity contribution < 1.29 is 9.84 Å². The Morgan fingerprint density at radius 2 is 1.89 bits per heavy atom. The Labute approximate surface area is 118 Å². The van der Waals surface area contributed by atoms with Crippen molar-refractivity contribution in [3.63, 3.8) is 0 Å². The summed E-state index contributed by atoms with van der Waals surface area (Å²) in [5.74, 6) is 0.810. The summed E-state index contributed by atoms with van der Waals surface area (Å²) in [6.07, 6.45) is 0.894. The monoisotopic (exact) mass is 276 g/mol. The number of ether oxygens (including phenoxy) is 1. The van der Waals surface area contributed by atoms with Crippen LogP contribution < -0.4 is 4.74 Å². The minimum atomic E-state index is -0.468. The second kappa shape index (κ2) is 6.60. The molecule has 0 aromatic heterocycles. The summed E-state index contributed by atoms with van der Waals surface area (Å²) in [6.45, 7) is 0. The van der Waals surface area contributed by atoms with Crippen LogP contribution in [-0.4, -0.2) is 12.2 Å². The van der Waals surface area contributed by atoms with Crippen molar-refractivity contribution in [1.29, 1.82) is 0 Å². The maximum atomic E-state index is 10.1. The van der Waals surface area contributed by atoms with Gasteiger partial charge in [0, 0.05) is 5.02 Å². The molecule has 1 N–H and O–H groups in total. The van der Waals surface area contributed by atoms with Crippen molar-refractivity contribution in [2.75, 3.05) is 7.11 Å². The van der Waals surface area contributed by atoms with Gasteiger partial charge in [0.2, 0.25) is 0 Å².